The molecule has 0 N–H and O–H groups in total. The van der Waals surface area contributed by atoms with Crippen LogP contribution in [0, 0.1) is 0 Å². The van der Waals surface area contributed by atoms with Crippen molar-refractivity contribution in [2.75, 3.05) is 0 Å². The minimum atomic E-state index is -4.76. The highest BCUT2D eigenvalue weighted by Crippen LogP contribution is 2.29. The molecule has 8 heteroatoms. The number of hydrogen-bond donors (Lipinski definition) is 0. The Labute approximate surface area is 153 Å². The molecule has 1 aromatic carbocycles. The number of ether oxygens (including phenoxy) is 1. The lowest BCUT2D eigenvalue weighted by Crippen LogP contribution is -2.19. The number of nitrogens with zero attached hydrogens (tertiary/aromatic N) is 3. The molecular formula is C19H18F3N3O2. The van der Waals surface area contributed by atoms with Gasteiger partial charge in [0.25, 0.3) is 5.56 Å². The van der Waals surface area contributed by atoms with Gasteiger partial charge in [-0.05, 0) is 35.7 Å². The maximum Gasteiger partial charge on any atom is 0.573 e. The Bertz CT molecular complexity index is 1000. The van der Waals surface area contributed by atoms with E-state index in [1.165, 1.54) is 28.8 Å². The Balaban J connectivity index is 2.07. The predicted molar refractivity (Wildman–Crippen MR) is 95.0 cm³/mol. The lowest BCUT2D eigenvalue weighted by Gasteiger charge is -2.15. The smallest absolute Gasteiger partial charge is 0.406 e. The molecule has 0 aliphatic rings. The van der Waals surface area contributed by atoms with Gasteiger partial charge in [-0.1, -0.05) is 13.8 Å². The number of aryl methyl sites for hydroxylation is 1. The Hall–Kier alpha value is -3.03. The van der Waals surface area contributed by atoms with Crippen molar-refractivity contribution in [3.8, 4) is 22.6 Å². The monoisotopic (exact) mass is 377 g/mol. The van der Waals surface area contributed by atoms with Crippen molar-refractivity contribution >= 4 is 0 Å². The molecule has 0 unspecified atom stereocenters. The molecule has 3 aromatic rings. The van der Waals surface area contributed by atoms with Crippen LogP contribution in [0.4, 0.5) is 13.2 Å². The molecule has 0 radical (unpaired) electrons. The lowest BCUT2D eigenvalue weighted by molar-refractivity contribution is -0.274. The van der Waals surface area contributed by atoms with E-state index in [9.17, 15) is 18.0 Å². The minimum absolute atomic E-state index is 0.116. The number of benzene rings is 1. The van der Waals surface area contributed by atoms with Gasteiger partial charge in [0.15, 0.2) is 0 Å². The van der Waals surface area contributed by atoms with Gasteiger partial charge in [0.1, 0.15) is 5.75 Å². The van der Waals surface area contributed by atoms with Crippen molar-refractivity contribution in [1.29, 1.82) is 0 Å². The van der Waals surface area contributed by atoms with Gasteiger partial charge in [-0.2, -0.15) is 5.10 Å². The van der Waals surface area contributed by atoms with Gasteiger partial charge in [0.05, 0.1) is 6.20 Å². The standard InChI is InChI=1S/C19H18F3N3O2/c1-12(2)16-8-18(26)25(11-17(16)13-9-23-24(3)10-13)14-4-6-15(7-5-14)27-19(20,21)22/h4-12H,1-3H3. The van der Waals surface area contributed by atoms with E-state index in [4.69, 9.17) is 0 Å². The molecule has 27 heavy (non-hydrogen) atoms. The zero-order valence-electron chi connectivity index (χ0n) is 15.0. The first-order chi connectivity index (χ1) is 12.6. The Morgan fingerprint density at radius 1 is 1.11 bits per heavy atom. The molecule has 142 valence electrons. The molecule has 0 fully saturated rings. The largest absolute Gasteiger partial charge is 0.573 e. The van der Waals surface area contributed by atoms with Crippen LogP contribution in [0.2, 0.25) is 0 Å². The fourth-order valence-corrected chi connectivity index (χ4v) is 2.84. The van der Waals surface area contributed by atoms with Crippen LogP contribution >= 0.6 is 0 Å². The summed E-state index contributed by atoms with van der Waals surface area (Å²) in [5.41, 5.74) is 2.74. The van der Waals surface area contributed by atoms with Crippen LogP contribution in [0.1, 0.15) is 25.3 Å². The first-order valence-electron chi connectivity index (χ1n) is 8.26. The van der Waals surface area contributed by atoms with Gasteiger partial charge in [0.2, 0.25) is 0 Å². The van der Waals surface area contributed by atoms with E-state index >= 15 is 0 Å². The quantitative estimate of drug-likeness (QED) is 0.683. The fourth-order valence-electron chi connectivity index (χ4n) is 2.84. The van der Waals surface area contributed by atoms with Gasteiger partial charge in [-0.25, -0.2) is 0 Å². The average Bonchev–Trinajstić information content (AvgIpc) is 3.00. The Kier molecular flexibility index (Phi) is 4.82. The molecule has 5 nitrogen and oxygen atoms in total. The molecule has 2 heterocycles. The van der Waals surface area contributed by atoms with Crippen molar-refractivity contribution in [3.05, 3.63) is 64.8 Å². The molecule has 0 aliphatic heterocycles. The summed E-state index contributed by atoms with van der Waals surface area (Å²) >= 11 is 0. The SMILES string of the molecule is CC(C)c1cc(=O)n(-c2ccc(OC(F)(F)F)cc2)cc1-c1cnn(C)c1. The lowest BCUT2D eigenvalue weighted by atomic mass is 9.96. The van der Waals surface area contributed by atoms with Crippen molar-refractivity contribution in [2.24, 2.45) is 7.05 Å². The number of alkyl halides is 3. The maximum absolute atomic E-state index is 12.6. The van der Waals surface area contributed by atoms with Crippen molar-refractivity contribution in [2.45, 2.75) is 26.1 Å². The molecule has 0 atom stereocenters. The van der Waals surface area contributed by atoms with Crippen LogP contribution in [0.25, 0.3) is 16.8 Å². The third-order valence-electron chi connectivity index (χ3n) is 4.07. The number of aromatic nitrogens is 3. The molecule has 0 saturated carbocycles. The van der Waals surface area contributed by atoms with E-state index in [2.05, 4.69) is 9.84 Å². The van der Waals surface area contributed by atoms with Crippen molar-refractivity contribution < 1.29 is 17.9 Å². The second-order valence-corrected chi connectivity index (χ2v) is 6.45. The predicted octanol–water partition coefficient (Wildman–Crippen LogP) is 4.26. The Morgan fingerprint density at radius 2 is 1.78 bits per heavy atom. The summed E-state index contributed by atoms with van der Waals surface area (Å²) in [4.78, 5) is 12.6. The molecule has 0 amide bonds. The fraction of sp³-hybridized carbons (Fsp3) is 0.263. The zero-order valence-corrected chi connectivity index (χ0v) is 15.0. The summed E-state index contributed by atoms with van der Waals surface area (Å²) in [6, 6.07) is 6.72. The first kappa shape index (κ1) is 18.8. The molecule has 0 saturated heterocycles. The summed E-state index contributed by atoms with van der Waals surface area (Å²) in [6.45, 7) is 3.98. The van der Waals surface area contributed by atoms with Crippen molar-refractivity contribution in [3.63, 3.8) is 0 Å². The van der Waals surface area contributed by atoms with E-state index in [0.29, 0.717) is 5.69 Å². The first-order valence-corrected chi connectivity index (χ1v) is 8.26. The van der Waals surface area contributed by atoms with Crippen LogP contribution in [0.5, 0.6) is 5.75 Å². The summed E-state index contributed by atoms with van der Waals surface area (Å²) in [5, 5.41) is 4.17. The third-order valence-corrected chi connectivity index (χ3v) is 4.07. The molecule has 0 aliphatic carbocycles. The normalized spacial score (nSPS) is 11.8. The Morgan fingerprint density at radius 3 is 2.30 bits per heavy atom. The zero-order chi connectivity index (χ0) is 19.8. The summed E-state index contributed by atoms with van der Waals surface area (Å²) in [6.07, 6.45) is 0.478. The average molecular weight is 377 g/mol. The number of pyridine rings is 1. The van der Waals surface area contributed by atoms with Crippen LogP contribution in [0.15, 0.2) is 53.7 Å². The van der Waals surface area contributed by atoms with E-state index < -0.39 is 6.36 Å². The van der Waals surface area contributed by atoms with Gasteiger partial charge < -0.3 is 4.74 Å². The second kappa shape index (κ2) is 6.94. The third kappa shape index (κ3) is 4.21. The molecule has 2 aromatic heterocycles. The highest BCUT2D eigenvalue weighted by molar-refractivity contribution is 5.66. The van der Waals surface area contributed by atoms with Crippen LogP contribution in [-0.4, -0.2) is 20.7 Å². The van der Waals surface area contributed by atoms with Crippen LogP contribution < -0.4 is 10.3 Å². The van der Waals surface area contributed by atoms with Crippen LogP contribution in [0.3, 0.4) is 0 Å². The second-order valence-electron chi connectivity index (χ2n) is 6.45. The van der Waals surface area contributed by atoms with E-state index in [1.807, 2.05) is 20.0 Å². The van der Waals surface area contributed by atoms with Gasteiger partial charge in [-0.3, -0.25) is 14.0 Å². The van der Waals surface area contributed by atoms with Gasteiger partial charge in [-0.15, -0.1) is 13.2 Å². The minimum Gasteiger partial charge on any atom is -0.406 e. The van der Waals surface area contributed by atoms with E-state index in [0.717, 1.165) is 16.7 Å². The number of halogens is 3. The number of rotatable bonds is 4. The van der Waals surface area contributed by atoms with Gasteiger partial charge in [0, 0.05) is 42.3 Å². The van der Waals surface area contributed by atoms with E-state index in [1.54, 1.807) is 30.2 Å². The van der Waals surface area contributed by atoms with E-state index in [-0.39, 0.29) is 17.2 Å². The molecule has 3 rings (SSSR count). The summed E-state index contributed by atoms with van der Waals surface area (Å²) in [5.74, 6) is -0.226. The molecule has 0 spiro atoms. The summed E-state index contributed by atoms with van der Waals surface area (Å²) in [7, 11) is 1.80. The van der Waals surface area contributed by atoms with Crippen LogP contribution in [-0.2, 0) is 7.05 Å². The molecular weight excluding hydrogens is 359 g/mol. The van der Waals surface area contributed by atoms with Crippen molar-refractivity contribution in [1.82, 2.24) is 14.3 Å². The summed E-state index contributed by atoms with van der Waals surface area (Å²) < 4.78 is 43.8. The van der Waals surface area contributed by atoms with Gasteiger partial charge >= 0.3 is 6.36 Å². The number of hydrogen-bond acceptors (Lipinski definition) is 3. The topological polar surface area (TPSA) is 49.1 Å². The maximum atomic E-state index is 12.6. The highest BCUT2D eigenvalue weighted by Gasteiger charge is 2.31. The highest BCUT2D eigenvalue weighted by atomic mass is 19.4. The molecule has 0 bridgehead atoms.